The van der Waals surface area contributed by atoms with Crippen LogP contribution >= 0.6 is 0 Å². The van der Waals surface area contributed by atoms with Crippen LogP contribution in [0.2, 0.25) is 0 Å². The molecule has 0 saturated carbocycles. The van der Waals surface area contributed by atoms with Crippen LogP contribution in [0, 0.1) is 6.92 Å². The Morgan fingerprint density at radius 2 is 2.36 bits per heavy atom. The zero-order valence-electron chi connectivity index (χ0n) is 8.10. The lowest BCUT2D eigenvalue weighted by atomic mass is 10.2. The number of hydrogen-bond donors (Lipinski definition) is 1. The summed E-state index contributed by atoms with van der Waals surface area (Å²) in [6, 6.07) is 3.90. The third-order valence-electron chi connectivity index (χ3n) is 2.13. The number of aromatic nitrogens is 2. The largest absolute Gasteiger partial charge is 0.468 e. The Hall–Kier alpha value is -1.55. The van der Waals surface area contributed by atoms with Gasteiger partial charge in [0.15, 0.2) is 0 Å². The quantitative estimate of drug-likeness (QED) is 0.795. The van der Waals surface area contributed by atoms with E-state index in [0.717, 1.165) is 23.6 Å². The van der Waals surface area contributed by atoms with E-state index in [1.165, 1.54) is 0 Å². The van der Waals surface area contributed by atoms with E-state index < -0.39 is 0 Å². The average molecular weight is 191 g/mol. The minimum Gasteiger partial charge on any atom is -0.468 e. The first kappa shape index (κ1) is 9.02. The number of nitrogens with two attached hydrogens (primary N) is 1. The van der Waals surface area contributed by atoms with E-state index in [0.29, 0.717) is 6.54 Å². The van der Waals surface area contributed by atoms with Crippen molar-refractivity contribution in [1.82, 2.24) is 9.78 Å². The smallest absolute Gasteiger partial charge is 0.122 e. The molecule has 0 aliphatic rings. The lowest BCUT2D eigenvalue weighted by Gasteiger charge is -2.00. The summed E-state index contributed by atoms with van der Waals surface area (Å²) in [6.45, 7) is 3.12. The summed E-state index contributed by atoms with van der Waals surface area (Å²) in [5.41, 5.74) is 7.64. The van der Waals surface area contributed by atoms with Gasteiger partial charge < -0.3 is 10.2 Å². The topological polar surface area (TPSA) is 57.0 Å². The molecule has 4 heteroatoms. The van der Waals surface area contributed by atoms with Gasteiger partial charge in [-0.3, -0.25) is 4.68 Å². The third-order valence-corrected chi connectivity index (χ3v) is 2.13. The van der Waals surface area contributed by atoms with E-state index in [2.05, 4.69) is 5.10 Å². The van der Waals surface area contributed by atoms with Crippen LogP contribution in [-0.2, 0) is 13.1 Å². The van der Waals surface area contributed by atoms with Gasteiger partial charge in [0.2, 0.25) is 0 Å². The van der Waals surface area contributed by atoms with Crippen molar-refractivity contribution < 1.29 is 4.42 Å². The van der Waals surface area contributed by atoms with E-state index in [1.54, 1.807) is 6.26 Å². The van der Waals surface area contributed by atoms with E-state index in [9.17, 15) is 0 Å². The maximum Gasteiger partial charge on any atom is 0.122 e. The lowest BCUT2D eigenvalue weighted by molar-refractivity contribution is 0.503. The SMILES string of the molecule is Cc1ccn(Cc2ccoc2CN)n1. The maximum atomic E-state index is 5.53. The second kappa shape index (κ2) is 3.67. The summed E-state index contributed by atoms with van der Waals surface area (Å²) in [7, 11) is 0. The average Bonchev–Trinajstić information content (AvgIpc) is 2.76. The molecule has 0 amide bonds. The Balaban J connectivity index is 2.18. The molecule has 2 rings (SSSR count). The van der Waals surface area contributed by atoms with Crippen LogP contribution in [0.15, 0.2) is 29.0 Å². The molecule has 0 saturated heterocycles. The minimum absolute atomic E-state index is 0.433. The Labute approximate surface area is 82.3 Å². The van der Waals surface area contributed by atoms with Crippen LogP contribution in [0.1, 0.15) is 17.0 Å². The fourth-order valence-corrected chi connectivity index (χ4v) is 1.41. The molecule has 0 atom stereocenters. The van der Waals surface area contributed by atoms with Gasteiger partial charge in [-0.05, 0) is 19.1 Å². The molecule has 0 aliphatic carbocycles. The van der Waals surface area contributed by atoms with Gasteiger partial charge in [-0.2, -0.15) is 5.10 Å². The fourth-order valence-electron chi connectivity index (χ4n) is 1.41. The van der Waals surface area contributed by atoms with Gasteiger partial charge in [0.25, 0.3) is 0 Å². The van der Waals surface area contributed by atoms with E-state index in [4.69, 9.17) is 10.2 Å². The van der Waals surface area contributed by atoms with Crippen LogP contribution in [0.3, 0.4) is 0 Å². The Kier molecular flexibility index (Phi) is 2.37. The van der Waals surface area contributed by atoms with Crippen molar-refractivity contribution in [3.05, 3.63) is 41.6 Å². The van der Waals surface area contributed by atoms with Crippen LogP contribution in [0.25, 0.3) is 0 Å². The molecule has 2 heterocycles. The van der Waals surface area contributed by atoms with Gasteiger partial charge >= 0.3 is 0 Å². The summed E-state index contributed by atoms with van der Waals surface area (Å²) >= 11 is 0. The zero-order chi connectivity index (χ0) is 9.97. The molecule has 2 aromatic heterocycles. The molecule has 0 aromatic carbocycles. The molecule has 0 unspecified atom stereocenters. The van der Waals surface area contributed by atoms with Crippen LogP contribution in [-0.4, -0.2) is 9.78 Å². The summed E-state index contributed by atoms with van der Waals surface area (Å²) in [4.78, 5) is 0. The molecule has 0 spiro atoms. The Bertz CT molecular complexity index is 416. The molecular formula is C10H13N3O. The van der Waals surface area contributed by atoms with Gasteiger partial charge in [0, 0.05) is 11.8 Å². The van der Waals surface area contributed by atoms with Crippen molar-refractivity contribution in [2.45, 2.75) is 20.0 Å². The van der Waals surface area contributed by atoms with Gasteiger partial charge in [0.1, 0.15) is 5.76 Å². The molecule has 74 valence electrons. The Morgan fingerprint density at radius 3 is 3.00 bits per heavy atom. The number of nitrogens with zero attached hydrogens (tertiary/aromatic N) is 2. The van der Waals surface area contributed by atoms with Crippen LogP contribution < -0.4 is 5.73 Å². The van der Waals surface area contributed by atoms with E-state index in [1.807, 2.05) is 29.9 Å². The minimum atomic E-state index is 0.433. The van der Waals surface area contributed by atoms with Crippen molar-refractivity contribution in [3.8, 4) is 0 Å². The highest BCUT2D eigenvalue weighted by Gasteiger charge is 2.05. The predicted molar refractivity (Wildman–Crippen MR) is 52.7 cm³/mol. The monoisotopic (exact) mass is 191 g/mol. The highest BCUT2D eigenvalue weighted by Crippen LogP contribution is 2.11. The van der Waals surface area contributed by atoms with Crippen molar-refractivity contribution in [2.24, 2.45) is 5.73 Å². The lowest BCUT2D eigenvalue weighted by Crippen LogP contribution is -2.04. The first-order valence-corrected chi connectivity index (χ1v) is 4.55. The van der Waals surface area contributed by atoms with E-state index in [-0.39, 0.29) is 0 Å². The maximum absolute atomic E-state index is 5.53. The highest BCUT2D eigenvalue weighted by molar-refractivity contribution is 5.17. The van der Waals surface area contributed by atoms with E-state index >= 15 is 0 Å². The number of rotatable bonds is 3. The van der Waals surface area contributed by atoms with Crippen molar-refractivity contribution in [2.75, 3.05) is 0 Å². The van der Waals surface area contributed by atoms with Crippen LogP contribution in [0.4, 0.5) is 0 Å². The van der Waals surface area contributed by atoms with Crippen molar-refractivity contribution >= 4 is 0 Å². The summed E-state index contributed by atoms with van der Waals surface area (Å²) in [5.74, 6) is 0.832. The molecule has 0 radical (unpaired) electrons. The summed E-state index contributed by atoms with van der Waals surface area (Å²) in [5, 5.41) is 4.30. The normalized spacial score (nSPS) is 10.7. The standard InChI is InChI=1S/C10H13N3O/c1-8-2-4-13(12-8)7-9-3-5-14-10(9)6-11/h2-5H,6-7,11H2,1H3. The van der Waals surface area contributed by atoms with Crippen molar-refractivity contribution in [1.29, 1.82) is 0 Å². The number of furan rings is 1. The van der Waals surface area contributed by atoms with Gasteiger partial charge in [0.05, 0.1) is 25.0 Å². The molecule has 14 heavy (non-hydrogen) atoms. The molecule has 0 aliphatic heterocycles. The van der Waals surface area contributed by atoms with Gasteiger partial charge in [-0.1, -0.05) is 0 Å². The second-order valence-electron chi connectivity index (χ2n) is 3.23. The number of aryl methyl sites for hydroxylation is 1. The van der Waals surface area contributed by atoms with Gasteiger partial charge in [-0.25, -0.2) is 0 Å². The fraction of sp³-hybridized carbons (Fsp3) is 0.300. The molecule has 2 aromatic rings. The molecule has 2 N–H and O–H groups in total. The van der Waals surface area contributed by atoms with Gasteiger partial charge in [-0.15, -0.1) is 0 Å². The zero-order valence-corrected chi connectivity index (χ0v) is 8.10. The number of hydrogen-bond acceptors (Lipinski definition) is 3. The van der Waals surface area contributed by atoms with Crippen LogP contribution in [0.5, 0.6) is 0 Å². The molecular weight excluding hydrogens is 178 g/mol. The molecule has 0 bridgehead atoms. The van der Waals surface area contributed by atoms with Crippen molar-refractivity contribution in [3.63, 3.8) is 0 Å². The third kappa shape index (κ3) is 1.70. The summed E-state index contributed by atoms with van der Waals surface area (Å²) in [6.07, 6.45) is 3.61. The Morgan fingerprint density at radius 1 is 1.50 bits per heavy atom. The summed E-state index contributed by atoms with van der Waals surface area (Å²) < 4.78 is 7.10. The second-order valence-corrected chi connectivity index (χ2v) is 3.23. The predicted octanol–water partition coefficient (Wildman–Crippen LogP) is 1.29. The highest BCUT2D eigenvalue weighted by atomic mass is 16.3. The molecule has 4 nitrogen and oxygen atoms in total. The first-order chi connectivity index (χ1) is 6.79. The first-order valence-electron chi connectivity index (χ1n) is 4.55. The molecule has 0 fully saturated rings.